The molecule has 0 fully saturated rings. The summed E-state index contributed by atoms with van der Waals surface area (Å²) in [5, 5.41) is 0. The average Bonchev–Trinajstić information content (AvgIpc) is 3.12. The van der Waals surface area contributed by atoms with Gasteiger partial charge in [-0.3, -0.25) is 4.79 Å². The summed E-state index contributed by atoms with van der Waals surface area (Å²) in [7, 11) is -2.70. The Hall–Kier alpha value is -1.88. The Morgan fingerprint density at radius 3 is 2.60 bits per heavy atom. The fraction of sp³-hybridized carbons (Fsp3) is 0.400. The number of hydrogen-bond acceptors (Lipinski definition) is 7. The van der Waals surface area contributed by atoms with Crippen LogP contribution in [0, 0.1) is 6.92 Å². The zero-order chi connectivity index (χ0) is 21.9. The molecule has 1 amide bonds. The van der Waals surface area contributed by atoms with Gasteiger partial charge in [-0.1, -0.05) is 29.8 Å². The number of aryl methyl sites for hydroxylation is 1. The minimum atomic E-state index is -3.94. The van der Waals surface area contributed by atoms with E-state index in [0.29, 0.717) is 35.7 Å². The van der Waals surface area contributed by atoms with Crippen LogP contribution in [0.4, 0.5) is 0 Å². The van der Waals surface area contributed by atoms with Crippen molar-refractivity contribution in [2.24, 2.45) is 0 Å². The topological polar surface area (TPSA) is 92.8 Å². The monoisotopic (exact) mass is 468 g/mol. The Morgan fingerprint density at radius 2 is 1.97 bits per heavy atom. The molecule has 7 nitrogen and oxygen atoms in total. The standard InChI is InChI=1S/C20H24N2O5S3/c1-13-4-6-14(7-5-13)10-21-30(25,26)20-18(19(24)27-2)15-8-9-22(11-16(15)29-20)17(23)12-28-3/h4-7,21H,8-12H2,1-3H3. The van der Waals surface area contributed by atoms with Crippen LogP contribution in [-0.4, -0.2) is 50.9 Å². The van der Waals surface area contributed by atoms with Crippen molar-refractivity contribution < 1.29 is 22.7 Å². The highest BCUT2D eigenvalue weighted by Crippen LogP contribution is 2.36. The first-order valence-corrected chi connectivity index (χ1v) is 13.0. The lowest BCUT2D eigenvalue weighted by Gasteiger charge is -2.27. The van der Waals surface area contributed by atoms with Gasteiger partial charge >= 0.3 is 5.97 Å². The van der Waals surface area contributed by atoms with Crippen molar-refractivity contribution in [1.29, 1.82) is 0 Å². The zero-order valence-corrected chi connectivity index (χ0v) is 19.5. The van der Waals surface area contributed by atoms with E-state index in [0.717, 1.165) is 22.5 Å². The van der Waals surface area contributed by atoms with Gasteiger partial charge in [-0.05, 0) is 30.7 Å². The molecule has 0 aliphatic carbocycles. The van der Waals surface area contributed by atoms with Crippen LogP contribution in [-0.2, 0) is 39.1 Å². The molecule has 2 heterocycles. The molecule has 1 aliphatic heterocycles. The summed E-state index contributed by atoms with van der Waals surface area (Å²) in [6.07, 6.45) is 2.28. The molecule has 0 unspecified atom stereocenters. The summed E-state index contributed by atoms with van der Waals surface area (Å²) in [5.74, 6) is -0.302. The summed E-state index contributed by atoms with van der Waals surface area (Å²) in [4.78, 5) is 27.1. The van der Waals surface area contributed by atoms with Crippen LogP contribution in [0.5, 0.6) is 0 Å². The van der Waals surface area contributed by atoms with Crippen molar-refractivity contribution in [2.45, 2.75) is 30.6 Å². The van der Waals surface area contributed by atoms with E-state index < -0.39 is 16.0 Å². The van der Waals surface area contributed by atoms with Crippen LogP contribution in [0.25, 0.3) is 0 Å². The molecule has 0 radical (unpaired) electrons. The molecule has 2 aromatic rings. The van der Waals surface area contributed by atoms with Gasteiger partial charge in [-0.15, -0.1) is 11.3 Å². The predicted octanol–water partition coefficient (Wildman–Crippen LogP) is 2.57. The molecular weight excluding hydrogens is 444 g/mol. The second kappa shape index (κ2) is 9.51. The van der Waals surface area contributed by atoms with Crippen LogP contribution in [0.15, 0.2) is 28.5 Å². The zero-order valence-electron chi connectivity index (χ0n) is 17.1. The number of thioether (sulfide) groups is 1. The number of hydrogen-bond donors (Lipinski definition) is 1. The summed E-state index contributed by atoms with van der Waals surface area (Å²) in [6.45, 7) is 2.82. The highest BCUT2D eigenvalue weighted by atomic mass is 32.2. The quantitative estimate of drug-likeness (QED) is 0.628. The molecule has 0 bridgehead atoms. The van der Waals surface area contributed by atoms with E-state index in [-0.39, 0.29) is 22.2 Å². The SMILES string of the molecule is COC(=O)c1c(S(=O)(=O)NCc2ccc(C)cc2)sc2c1CCN(C(=O)CSC)C2. The van der Waals surface area contributed by atoms with E-state index in [4.69, 9.17) is 4.74 Å². The fourth-order valence-corrected chi connectivity index (χ4v) is 6.64. The maximum atomic E-state index is 13.1. The number of carbonyl (C=O) groups excluding carboxylic acids is 2. The van der Waals surface area contributed by atoms with Gasteiger partial charge in [0.25, 0.3) is 10.0 Å². The van der Waals surface area contributed by atoms with Gasteiger partial charge in [0, 0.05) is 18.0 Å². The maximum absolute atomic E-state index is 13.1. The molecule has 3 rings (SSSR count). The normalized spacial score (nSPS) is 13.8. The molecule has 1 aromatic carbocycles. The number of methoxy groups -OCH3 is 1. The molecule has 0 saturated heterocycles. The second-order valence-electron chi connectivity index (χ2n) is 6.97. The summed E-state index contributed by atoms with van der Waals surface area (Å²) in [6, 6.07) is 7.53. The molecule has 0 atom stereocenters. The third-order valence-corrected chi connectivity index (χ3v) is 8.54. The molecule has 10 heteroatoms. The maximum Gasteiger partial charge on any atom is 0.340 e. The number of thiophene rings is 1. The first-order valence-electron chi connectivity index (χ1n) is 9.31. The number of fused-ring (bicyclic) bond motifs is 1. The van der Waals surface area contributed by atoms with Gasteiger partial charge in [0.15, 0.2) is 0 Å². The van der Waals surface area contributed by atoms with Crippen molar-refractivity contribution in [3.05, 3.63) is 51.4 Å². The number of nitrogens with zero attached hydrogens (tertiary/aromatic N) is 1. The van der Waals surface area contributed by atoms with Gasteiger partial charge in [0.1, 0.15) is 4.21 Å². The first-order chi connectivity index (χ1) is 14.3. The lowest BCUT2D eigenvalue weighted by Crippen LogP contribution is -2.36. The van der Waals surface area contributed by atoms with E-state index in [1.807, 2.05) is 37.4 Å². The van der Waals surface area contributed by atoms with Gasteiger partial charge in [0.05, 0.1) is 25.0 Å². The van der Waals surface area contributed by atoms with Crippen LogP contribution >= 0.6 is 23.1 Å². The molecule has 1 aliphatic rings. The Kier molecular flexibility index (Phi) is 7.22. The second-order valence-corrected chi connectivity index (χ2v) is 10.9. The lowest BCUT2D eigenvalue weighted by molar-refractivity contribution is -0.129. The van der Waals surface area contributed by atoms with Crippen molar-refractivity contribution in [3.63, 3.8) is 0 Å². The Morgan fingerprint density at radius 1 is 1.27 bits per heavy atom. The molecule has 30 heavy (non-hydrogen) atoms. The predicted molar refractivity (Wildman–Crippen MR) is 118 cm³/mol. The van der Waals surface area contributed by atoms with E-state index in [1.54, 1.807) is 4.90 Å². The number of sulfonamides is 1. The lowest BCUT2D eigenvalue weighted by atomic mass is 10.0. The fourth-order valence-electron chi connectivity index (χ4n) is 3.25. The van der Waals surface area contributed by atoms with Gasteiger partial charge in [-0.25, -0.2) is 17.9 Å². The van der Waals surface area contributed by atoms with E-state index in [1.165, 1.54) is 18.9 Å². The van der Waals surface area contributed by atoms with Crippen molar-refractivity contribution in [1.82, 2.24) is 9.62 Å². The Balaban J connectivity index is 1.90. The minimum absolute atomic E-state index is 0.00284. The number of carbonyl (C=O) groups is 2. The minimum Gasteiger partial charge on any atom is -0.465 e. The number of nitrogens with one attached hydrogen (secondary N) is 1. The molecule has 0 spiro atoms. The van der Waals surface area contributed by atoms with Crippen LogP contribution in [0.2, 0.25) is 0 Å². The first kappa shape index (κ1) is 22.8. The van der Waals surface area contributed by atoms with E-state index >= 15 is 0 Å². The van der Waals surface area contributed by atoms with Gasteiger partial charge in [-0.2, -0.15) is 11.8 Å². The number of rotatable bonds is 7. The number of amides is 1. The van der Waals surface area contributed by atoms with Crippen molar-refractivity contribution in [2.75, 3.05) is 25.7 Å². The molecule has 1 N–H and O–H groups in total. The smallest absolute Gasteiger partial charge is 0.340 e. The largest absolute Gasteiger partial charge is 0.465 e. The summed E-state index contributed by atoms with van der Waals surface area (Å²) in [5.41, 5.74) is 2.65. The van der Waals surface area contributed by atoms with E-state index in [9.17, 15) is 18.0 Å². The Bertz CT molecular complexity index is 1050. The molecule has 162 valence electrons. The molecule has 0 saturated carbocycles. The summed E-state index contributed by atoms with van der Waals surface area (Å²) < 4.78 is 33.5. The van der Waals surface area contributed by atoms with E-state index in [2.05, 4.69) is 4.72 Å². The highest BCUT2D eigenvalue weighted by molar-refractivity contribution is 7.99. The number of ether oxygens (including phenoxy) is 1. The Labute approximate surface area is 184 Å². The van der Waals surface area contributed by atoms with Crippen LogP contribution in [0.1, 0.15) is 31.9 Å². The summed E-state index contributed by atoms with van der Waals surface area (Å²) >= 11 is 2.48. The number of esters is 1. The van der Waals surface area contributed by atoms with Gasteiger partial charge < -0.3 is 9.64 Å². The van der Waals surface area contributed by atoms with Crippen molar-refractivity contribution in [3.8, 4) is 0 Å². The molecule has 1 aromatic heterocycles. The van der Waals surface area contributed by atoms with Crippen LogP contribution < -0.4 is 4.72 Å². The average molecular weight is 469 g/mol. The van der Waals surface area contributed by atoms with Crippen molar-refractivity contribution >= 4 is 45.0 Å². The third-order valence-electron chi connectivity index (χ3n) is 4.87. The van der Waals surface area contributed by atoms with Crippen LogP contribution in [0.3, 0.4) is 0 Å². The third kappa shape index (κ3) is 4.88. The number of benzene rings is 1. The highest BCUT2D eigenvalue weighted by Gasteiger charge is 2.34. The van der Waals surface area contributed by atoms with Gasteiger partial charge in [0.2, 0.25) is 5.91 Å². The molecular formula is C20H24N2O5S3.